The quantitative estimate of drug-likeness (QED) is 0.743. The Morgan fingerprint density at radius 2 is 1.90 bits per heavy atom. The maximum atomic E-state index is 12.3. The highest BCUT2D eigenvalue weighted by Gasteiger charge is 2.18. The van der Waals surface area contributed by atoms with E-state index >= 15 is 0 Å². The smallest absolute Gasteiger partial charge is 0.236 e. The average Bonchev–Trinajstić information content (AvgIpc) is 2.49. The van der Waals surface area contributed by atoms with Crippen LogP contribution in [0.25, 0.3) is 0 Å². The van der Waals surface area contributed by atoms with Gasteiger partial charge >= 0.3 is 0 Å². The van der Waals surface area contributed by atoms with Gasteiger partial charge in [-0.15, -0.1) is 6.58 Å². The van der Waals surface area contributed by atoms with E-state index in [2.05, 4.69) is 23.6 Å². The lowest BCUT2D eigenvalue weighted by atomic mass is 10.1. The van der Waals surface area contributed by atoms with Gasteiger partial charge in [0.05, 0.1) is 6.54 Å². The zero-order chi connectivity index (χ0) is 14.2. The van der Waals surface area contributed by atoms with Gasteiger partial charge in [0.1, 0.15) is 0 Å². The summed E-state index contributed by atoms with van der Waals surface area (Å²) in [6.07, 6.45) is 5.41. The summed E-state index contributed by atoms with van der Waals surface area (Å²) in [5.41, 5.74) is 1.24. The van der Waals surface area contributed by atoms with Gasteiger partial charge in [0, 0.05) is 26.2 Å². The van der Waals surface area contributed by atoms with Crippen LogP contribution in [0.1, 0.15) is 24.8 Å². The second-order valence-electron chi connectivity index (χ2n) is 5.39. The molecule has 0 atom stereocenters. The van der Waals surface area contributed by atoms with Gasteiger partial charge in [-0.05, 0) is 24.8 Å². The summed E-state index contributed by atoms with van der Waals surface area (Å²) in [5, 5.41) is 0. The van der Waals surface area contributed by atoms with Crippen LogP contribution in [0.15, 0.2) is 43.0 Å². The molecule has 3 nitrogen and oxygen atoms in total. The molecule has 1 aliphatic heterocycles. The summed E-state index contributed by atoms with van der Waals surface area (Å²) >= 11 is 0. The van der Waals surface area contributed by atoms with Gasteiger partial charge in [-0.25, -0.2) is 0 Å². The highest BCUT2D eigenvalue weighted by atomic mass is 16.2. The van der Waals surface area contributed by atoms with E-state index in [1.807, 2.05) is 29.2 Å². The molecule has 0 bridgehead atoms. The van der Waals surface area contributed by atoms with Crippen LogP contribution in [0.3, 0.4) is 0 Å². The van der Waals surface area contributed by atoms with Crippen LogP contribution in [0.2, 0.25) is 0 Å². The number of nitrogens with zero attached hydrogens (tertiary/aromatic N) is 2. The monoisotopic (exact) mass is 272 g/mol. The number of hydrogen-bond acceptors (Lipinski definition) is 2. The molecule has 0 aromatic heterocycles. The largest absolute Gasteiger partial charge is 0.342 e. The second-order valence-corrected chi connectivity index (χ2v) is 5.39. The van der Waals surface area contributed by atoms with Crippen molar-refractivity contribution in [3.8, 4) is 0 Å². The SMILES string of the molecule is C=CCN(CC(=O)N1CCCCC1)Cc1ccccc1. The van der Waals surface area contributed by atoms with Crippen molar-refractivity contribution in [1.29, 1.82) is 0 Å². The van der Waals surface area contributed by atoms with Gasteiger partial charge in [-0.2, -0.15) is 0 Å². The Morgan fingerprint density at radius 1 is 1.20 bits per heavy atom. The maximum Gasteiger partial charge on any atom is 0.236 e. The molecule has 20 heavy (non-hydrogen) atoms. The molecular formula is C17H24N2O. The lowest BCUT2D eigenvalue weighted by Gasteiger charge is -2.29. The Balaban J connectivity index is 1.91. The predicted octanol–water partition coefficient (Wildman–Crippen LogP) is 2.69. The van der Waals surface area contributed by atoms with Gasteiger partial charge in [0.25, 0.3) is 0 Å². The normalized spacial score (nSPS) is 15.3. The molecule has 1 saturated heterocycles. The first kappa shape index (κ1) is 14.8. The Morgan fingerprint density at radius 3 is 2.55 bits per heavy atom. The van der Waals surface area contributed by atoms with Crippen molar-refractivity contribution in [3.05, 3.63) is 48.6 Å². The average molecular weight is 272 g/mol. The molecule has 0 aliphatic carbocycles. The van der Waals surface area contributed by atoms with E-state index in [1.54, 1.807) is 0 Å². The fraction of sp³-hybridized carbons (Fsp3) is 0.471. The van der Waals surface area contributed by atoms with E-state index in [-0.39, 0.29) is 5.91 Å². The van der Waals surface area contributed by atoms with Crippen LogP contribution < -0.4 is 0 Å². The Hall–Kier alpha value is -1.61. The first-order valence-corrected chi connectivity index (χ1v) is 7.44. The van der Waals surface area contributed by atoms with E-state index in [1.165, 1.54) is 12.0 Å². The first-order valence-electron chi connectivity index (χ1n) is 7.44. The van der Waals surface area contributed by atoms with Gasteiger partial charge in [-0.3, -0.25) is 9.69 Å². The molecule has 1 aromatic rings. The fourth-order valence-corrected chi connectivity index (χ4v) is 2.64. The number of hydrogen-bond donors (Lipinski definition) is 0. The molecule has 108 valence electrons. The van der Waals surface area contributed by atoms with Gasteiger partial charge in [-0.1, -0.05) is 36.4 Å². The van der Waals surface area contributed by atoms with Crippen LogP contribution in [-0.2, 0) is 11.3 Å². The minimum atomic E-state index is 0.252. The topological polar surface area (TPSA) is 23.6 Å². The lowest BCUT2D eigenvalue weighted by Crippen LogP contribution is -2.42. The summed E-state index contributed by atoms with van der Waals surface area (Å²) in [7, 11) is 0. The van der Waals surface area contributed by atoms with E-state index in [0.29, 0.717) is 6.54 Å². The van der Waals surface area contributed by atoms with Crippen molar-refractivity contribution >= 4 is 5.91 Å². The van der Waals surface area contributed by atoms with Crippen molar-refractivity contribution in [3.63, 3.8) is 0 Å². The third kappa shape index (κ3) is 4.49. The van der Waals surface area contributed by atoms with Crippen molar-refractivity contribution in [2.75, 3.05) is 26.2 Å². The Bertz CT molecular complexity index is 424. The van der Waals surface area contributed by atoms with Crippen LogP contribution in [0.5, 0.6) is 0 Å². The summed E-state index contributed by atoms with van der Waals surface area (Å²) in [4.78, 5) is 16.5. The molecule has 0 saturated carbocycles. The first-order chi connectivity index (χ1) is 9.79. The summed E-state index contributed by atoms with van der Waals surface area (Å²) in [6, 6.07) is 10.3. The molecule has 3 heteroatoms. The molecule has 1 amide bonds. The van der Waals surface area contributed by atoms with E-state index in [4.69, 9.17) is 0 Å². The van der Waals surface area contributed by atoms with Crippen LogP contribution in [-0.4, -0.2) is 41.9 Å². The molecule has 1 aromatic carbocycles. The molecule has 2 rings (SSSR count). The third-order valence-corrected chi connectivity index (χ3v) is 3.70. The lowest BCUT2D eigenvalue weighted by molar-refractivity contribution is -0.133. The zero-order valence-electron chi connectivity index (χ0n) is 12.1. The molecule has 1 heterocycles. The van der Waals surface area contributed by atoms with Crippen molar-refractivity contribution < 1.29 is 4.79 Å². The predicted molar refractivity (Wildman–Crippen MR) is 82.3 cm³/mol. The number of rotatable bonds is 6. The molecule has 0 spiro atoms. The molecule has 0 unspecified atom stereocenters. The minimum absolute atomic E-state index is 0.252. The number of piperidine rings is 1. The fourth-order valence-electron chi connectivity index (χ4n) is 2.64. The summed E-state index contributed by atoms with van der Waals surface area (Å²) in [6.45, 7) is 7.67. The molecule has 1 aliphatic rings. The van der Waals surface area contributed by atoms with Crippen LogP contribution in [0.4, 0.5) is 0 Å². The van der Waals surface area contributed by atoms with Crippen molar-refractivity contribution in [1.82, 2.24) is 9.80 Å². The molecular weight excluding hydrogens is 248 g/mol. The molecule has 0 radical (unpaired) electrons. The highest BCUT2D eigenvalue weighted by molar-refractivity contribution is 5.78. The van der Waals surface area contributed by atoms with Gasteiger partial charge in [0.2, 0.25) is 5.91 Å². The maximum absolute atomic E-state index is 12.3. The summed E-state index contributed by atoms with van der Waals surface area (Å²) in [5.74, 6) is 0.252. The molecule has 0 N–H and O–H groups in total. The van der Waals surface area contributed by atoms with Crippen molar-refractivity contribution in [2.45, 2.75) is 25.8 Å². The van der Waals surface area contributed by atoms with Crippen LogP contribution in [0, 0.1) is 0 Å². The van der Waals surface area contributed by atoms with Crippen molar-refractivity contribution in [2.24, 2.45) is 0 Å². The Kier molecular flexibility index (Phi) is 5.81. The standard InChI is InChI=1S/C17H24N2O/c1-2-11-18(14-16-9-5-3-6-10-16)15-17(20)19-12-7-4-8-13-19/h2-3,5-6,9-10H,1,4,7-8,11-15H2. The molecule has 1 fully saturated rings. The second kappa shape index (κ2) is 7.85. The number of amides is 1. The Labute approximate surface area is 121 Å². The summed E-state index contributed by atoms with van der Waals surface area (Å²) < 4.78 is 0. The number of benzene rings is 1. The minimum Gasteiger partial charge on any atom is -0.342 e. The van der Waals surface area contributed by atoms with E-state index in [0.717, 1.165) is 39.0 Å². The third-order valence-electron chi connectivity index (χ3n) is 3.70. The number of likely N-dealkylation sites (tertiary alicyclic amines) is 1. The zero-order valence-corrected chi connectivity index (χ0v) is 12.1. The number of carbonyl (C=O) groups excluding carboxylic acids is 1. The van der Waals surface area contributed by atoms with E-state index < -0.39 is 0 Å². The number of carbonyl (C=O) groups is 1. The van der Waals surface area contributed by atoms with Gasteiger partial charge < -0.3 is 4.90 Å². The highest BCUT2D eigenvalue weighted by Crippen LogP contribution is 2.10. The van der Waals surface area contributed by atoms with Crippen LogP contribution >= 0.6 is 0 Å². The van der Waals surface area contributed by atoms with E-state index in [9.17, 15) is 4.79 Å². The van der Waals surface area contributed by atoms with Gasteiger partial charge in [0.15, 0.2) is 0 Å².